The topological polar surface area (TPSA) is 172 Å². The van der Waals surface area contributed by atoms with Gasteiger partial charge < -0.3 is 36.2 Å². The predicted molar refractivity (Wildman–Crippen MR) is 133 cm³/mol. The molecule has 0 unspecified atom stereocenters. The van der Waals surface area contributed by atoms with E-state index in [4.69, 9.17) is 10.5 Å². The third-order valence-electron chi connectivity index (χ3n) is 6.34. The largest absolute Gasteiger partial charge is 0.396 e. The van der Waals surface area contributed by atoms with Gasteiger partial charge in [-0.1, -0.05) is 48.5 Å². The van der Waals surface area contributed by atoms with Gasteiger partial charge in [0, 0.05) is 13.2 Å². The van der Waals surface area contributed by atoms with Crippen molar-refractivity contribution in [3.05, 3.63) is 66.0 Å². The van der Waals surface area contributed by atoms with Crippen molar-refractivity contribution < 1.29 is 25.2 Å². The van der Waals surface area contributed by atoms with Crippen molar-refractivity contribution in [1.82, 2.24) is 19.5 Å². The highest BCUT2D eigenvalue weighted by Crippen LogP contribution is 2.35. The quantitative estimate of drug-likeness (QED) is 0.207. The minimum Gasteiger partial charge on any atom is -0.396 e. The lowest BCUT2D eigenvalue weighted by atomic mass is 10.0. The van der Waals surface area contributed by atoms with Crippen LogP contribution >= 0.6 is 0 Å². The number of fused-ring (bicyclic) bond motifs is 1. The molecular formula is C25H28N6O5. The Balaban J connectivity index is 1.40. The highest BCUT2D eigenvalue weighted by Gasteiger charge is 2.45. The molecule has 188 valence electrons. The number of nitrogens with one attached hydrogen (secondary N) is 1. The lowest BCUT2D eigenvalue weighted by molar-refractivity contribution is -0.0501. The van der Waals surface area contributed by atoms with Crippen LogP contribution in [0.4, 0.5) is 11.8 Å². The van der Waals surface area contributed by atoms with E-state index in [9.17, 15) is 20.4 Å². The SMILES string of the molecule is Nc1ncnc2c1nc(NCc1ccc(-c3cccc(CCO)c3)cc1)n2[C@@H]1O[C@H](CO)[C@@H](O)[C@H]1O. The number of imidazole rings is 1. The van der Waals surface area contributed by atoms with E-state index in [1.807, 2.05) is 42.5 Å². The fraction of sp³-hybridized carbons (Fsp3) is 0.320. The van der Waals surface area contributed by atoms with E-state index in [1.54, 1.807) is 0 Å². The van der Waals surface area contributed by atoms with Crippen molar-refractivity contribution in [2.45, 2.75) is 37.5 Å². The molecule has 4 aromatic rings. The number of aromatic nitrogens is 4. The van der Waals surface area contributed by atoms with Gasteiger partial charge in [0.1, 0.15) is 24.6 Å². The maximum atomic E-state index is 10.6. The molecule has 0 spiro atoms. The zero-order valence-electron chi connectivity index (χ0n) is 19.4. The molecule has 0 aliphatic carbocycles. The zero-order valence-corrected chi connectivity index (χ0v) is 19.4. The number of rotatable bonds is 8. The number of ether oxygens (including phenoxy) is 1. The van der Waals surface area contributed by atoms with Gasteiger partial charge in [0.25, 0.3) is 0 Å². The van der Waals surface area contributed by atoms with Gasteiger partial charge in [0.2, 0.25) is 5.95 Å². The molecule has 1 aliphatic heterocycles. The van der Waals surface area contributed by atoms with Gasteiger partial charge in [-0.15, -0.1) is 0 Å². The molecule has 2 aromatic heterocycles. The molecule has 2 aromatic carbocycles. The summed E-state index contributed by atoms with van der Waals surface area (Å²) in [6.07, 6.45) is -2.66. The summed E-state index contributed by atoms with van der Waals surface area (Å²) in [5.74, 6) is 0.495. The van der Waals surface area contributed by atoms with Crippen molar-refractivity contribution in [1.29, 1.82) is 0 Å². The van der Waals surface area contributed by atoms with E-state index < -0.39 is 31.1 Å². The highest BCUT2D eigenvalue weighted by molar-refractivity contribution is 5.84. The molecule has 11 heteroatoms. The third kappa shape index (κ3) is 4.50. The molecule has 7 N–H and O–H groups in total. The van der Waals surface area contributed by atoms with Crippen molar-refractivity contribution in [3.8, 4) is 11.1 Å². The predicted octanol–water partition coefficient (Wildman–Crippen LogP) is 0.834. The molecule has 0 radical (unpaired) electrons. The summed E-state index contributed by atoms with van der Waals surface area (Å²) in [5.41, 5.74) is 10.8. The summed E-state index contributed by atoms with van der Waals surface area (Å²) in [5, 5.41) is 42.8. The Morgan fingerprint density at radius 1 is 0.972 bits per heavy atom. The van der Waals surface area contributed by atoms with E-state index in [1.165, 1.54) is 10.9 Å². The lowest BCUT2D eigenvalue weighted by Gasteiger charge is -2.19. The number of aliphatic hydroxyl groups is 4. The minimum absolute atomic E-state index is 0.110. The van der Waals surface area contributed by atoms with Crippen LogP contribution in [-0.2, 0) is 17.7 Å². The van der Waals surface area contributed by atoms with Gasteiger partial charge in [0.05, 0.1) is 6.61 Å². The second kappa shape index (κ2) is 10.2. The van der Waals surface area contributed by atoms with Gasteiger partial charge in [-0.25, -0.2) is 15.0 Å². The van der Waals surface area contributed by atoms with Crippen LogP contribution < -0.4 is 11.1 Å². The summed E-state index contributed by atoms with van der Waals surface area (Å²) in [4.78, 5) is 12.8. The zero-order chi connectivity index (χ0) is 25.2. The van der Waals surface area contributed by atoms with E-state index >= 15 is 0 Å². The minimum atomic E-state index is -1.31. The standard InChI is InChI=1S/C25H28N6O5/c26-22-19-23(29-13-28-22)31(24-21(35)20(34)18(12-33)36-24)25(30-19)27-11-15-4-6-16(7-5-15)17-3-1-2-14(10-17)8-9-32/h1-7,10,13,18,20-21,24,32-35H,8-9,11-12H2,(H,27,30)(H2,26,28,29)/t18-,20-,21-,24-/m1/s1. The normalized spacial score (nSPS) is 21.8. The van der Waals surface area contributed by atoms with E-state index in [0.29, 0.717) is 30.1 Å². The highest BCUT2D eigenvalue weighted by atomic mass is 16.6. The second-order valence-corrected chi connectivity index (χ2v) is 8.69. The Morgan fingerprint density at radius 2 is 1.78 bits per heavy atom. The van der Waals surface area contributed by atoms with E-state index in [2.05, 4.69) is 26.3 Å². The molecule has 0 bridgehead atoms. The summed E-state index contributed by atoms with van der Waals surface area (Å²) in [7, 11) is 0. The molecule has 0 amide bonds. The Bertz CT molecular complexity index is 1340. The number of hydrogen-bond acceptors (Lipinski definition) is 10. The van der Waals surface area contributed by atoms with Crippen molar-refractivity contribution >= 4 is 22.9 Å². The molecule has 11 nitrogen and oxygen atoms in total. The molecule has 4 atom stereocenters. The van der Waals surface area contributed by atoms with E-state index in [-0.39, 0.29) is 12.4 Å². The third-order valence-corrected chi connectivity index (χ3v) is 6.34. The van der Waals surface area contributed by atoms with Crippen molar-refractivity contribution in [2.24, 2.45) is 0 Å². The first-order chi connectivity index (χ1) is 17.5. The van der Waals surface area contributed by atoms with Crippen LogP contribution in [-0.4, -0.2) is 71.5 Å². The molecule has 1 fully saturated rings. The number of aliphatic hydroxyl groups excluding tert-OH is 4. The number of anilines is 2. The van der Waals surface area contributed by atoms with Crippen LogP contribution in [0.25, 0.3) is 22.3 Å². The fourth-order valence-electron chi connectivity index (χ4n) is 4.42. The van der Waals surface area contributed by atoms with Crippen LogP contribution in [0.5, 0.6) is 0 Å². The average Bonchev–Trinajstić information content (AvgIpc) is 3.40. The number of benzene rings is 2. The van der Waals surface area contributed by atoms with Gasteiger partial charge >= 0.3 is 0 Å². The van der Waals surface area contributed by atoms with Crippen LogP contribution in [0.2, 0.25) is 0 Å². The van der Waals surface area contributed by atoms with Crippen LogP contribution in [0, 0.1) is 0 Å². The monoisotopic (exact) mass is 492 g/mol. The fourth-order valence-corrected chi connectivity index (χ4v) is 4.42. The first-order valence-corrected chi connectivity index (χ1v) is 11.6. The summed E-state index contributed by atoms with van der Waals surface area (Å²) < 4.78 is 7.25. The maximum Gasteiger partial charge on any atom is 0.207 e. The second-order valence-electron chi connectivity index (χ2n) is 8.69. The summed E-state index contributed by atoms with van der Waals surface area (Å²) >= 11 is 0. The molecule has 1 aliphatic rings. The molecule has 36 heavy (non-hydrogen) atoms. The number of nitrogen functional groups attached to an aromatic ring is 1. The molecule has 3 heterocycles. The molecule has 5 rings (SSSR count). The van der Waals surface area contributed by atoms with Gasteiger partial charge in [-0.05, 0) is 28.7 Å². The van der Waals surface area contributed by atoms with Crippen LogP contribution in [0.15, 0.2) is 54.9 Å². The first kappa shape index (κ1) is 24.1. The van der Waals surface area contributed by atoms with E-state index in [0.717, 1.165) is 22.3 Å². The van der Waals surface area contributed by atoms with Crippen molar-refractivity contribution in [3.63, 3.8) is 0 Å². The number of hydrogen-bond donors (Lipinski definition) is 6. The number of nitrogens with two attached hydrogens (primary N) is 1. The lowest BCUT2D eigenvalue weighted by Crippen LogP contribution is -2.33. The Hall–Kier alpha value is -3.61. The Kier molecular flexibility index (Phi) is 6.81. The van der Waals surface area contributed by atoms with Crippen molar-refractivity contribution in [2.75, 3.05) is 24.3 Å². The average molecular weight is 493 g/mol. The summed E-state index contributed by atoms with van der Waals surface area (Å²) in [6.45, 7) is 0.0609. The first-order valence-electron chi connectivity index (χ1n) is 11.6. The molecular weight excluding hydrogens is 464 g/mol. The van der Waals surface area contributed by atoms with Crippen LogP contribution in [0.1, 0.15) is 17.4 Å². The smallest absolute Gasteiger partial charge is 0.207 e. The molecule has 0 saturated carbocycles. The Labute approximate surface area is 206 Å². The maximum absolute atomic E-state index is 10.6. The van der Waals surface area contributed by atoms with Crippen LogP contribution in [0.3, 0.4) is 0 Å². The van der Waals surface area contributed by atoms with Gasteiger partial charge in [0.15, 0.2) is 23.2 Å². The number of nitrogens with zero attached hydrogens (tertiary/aromatic N) is 4. The van der Waals surface area contributed by atoms with Gasteiger partial charge in [-0.3, -0.25) is 4.57 Å². The summed E-state index contributed by atoms with van der Waals surface area (Å²) in [6, 6.07) is 16.1. The van der Waals surface area contributed by atoms with Gasteiger partial charge in [-0.2, -0.15) is 0 Å². The Morgan fingerprint density at radius 3 is 2.50 bits per heavy atom. The molecule has 1 saturated heterocycles.